The summed E-state index contributed by atoms with van der Waals surface area (Å²) < 4.78 is 0. The number of aromatic carboxylic acids is 1. The third-order valence-corrected chi connectivity index (χ3v) is 5.88. The molecule has 3 aromatic carbocycles. The molecule has 30 heavy (non-hydrogen) atoms. The zero-order chi connectivity index (χ0) is 21.1. The molecule has 0 fully saturated rings. The van der Waals surface area contributed by atoms with Gasteiger partial charge in [-0.1, -0.05) is 78.3 Å². The first-order valence-electron chi connectivity index (χ1n) is 9.11. The van der Waals surface area contributed by atoms with Crippen molar-refractivity contribution in [1.29, 1.82) is 0 Å². The fourth-order valence-corrected chi connectivity index (χ4v) is 4.34. The zero-order valence-corrected chi connectivity index (χ0v) is 17.2. The third-order valence-electron chi connectivity index (χ3n) is 4.65. The van der Waals surface area contributed by atoms with Gasteiger partial charge in [-0.3, -0.25) is 4.79 Å². The quantitative estimate of drug-likeness (QED) is 0.368. The summed E-state index contributed by atoms with van der Waals surface area (Å²) in [6, 6.07) is 24.3. The van der Waals surface area contributed by atoms with Gasteiger partial charge in [-0.15, -0.1) is 11.3 Å². The Kier molecular flexibility index (Phi) is 5.65. The minimum absolute atomic E-state index is 0.0628. The molecule has 2 N–H and O–H groups in total. The van der Waals surface area contributed by atoms with E-state index in [4.69, 9.17) is 11.6 Å². The Hall–Kier alpha value is -3.41. The van der Waals surface area contributed by atoms with Crippen molar-refractivity contribution in [3.05, 3.63) is 100 Å². The third kappa shape index (κ3) is 3.99. The number of carbonyl (C=O) groups excluding carboxylic acids is 1. The SMILES string of the molecule is O=C(Nc1scc(-c2ccc(-c3ccccc3)cc2)c1C(=O)O)c1ccccc1Cl. The Labute approximate surface area is 182 Å². The van der Waals surface area contributed by atoms with Gasteiger partial charge in [-0.05, 0) is 28.8 Å². The Balaban J connectivity index is 1.65. The van der Waals surface area contributed by atoms with E-state index in [1.807, 2.05) is 54.6 Å². The molecule has 0 radical (unpaired) electrons. The number of rotatable bonds is 5. The number of nitrogens with one attached hydrogen (secondary N) is 1. The standard InChI is InChI=1S/C24H16ClNO3S/c25-20-9-5-4-8-18(20)22(27)26-23-21(24(28)29)19(14-30-23)17-12-10-16(11-13-17)15-6-2-1-3-7-15/h1-14H,(H,26,27)(H,28,29). The van der Waals surface area contributed by atoms with Gasteiger partial charge in [0.05, 0.1) is 10.6 Å². The smallest absolute Gasteiger partial charge is 0.339 e. The van der Waals surface area contributed by atoms with Crippen LogP contribution in [0.5, 0.6) is 0 Å². The summed E-state index contributed by atoms with van der Waals surface area (Å²) in [5, 5.41) is 14.8. The van der Waals surface area contributed by atoms with Gasteiger partial charge in [0, 0.05) is 10.9 Å². The van der Waals surface area contributed by atoms with E-state index >= 15 is 0 Å². The van der Waals surface area contributed by atoms with Crippen molar-refractivity contribution in [2.24, 2.45) is 0 Å². The van der Waals surface area contributed by atoms with Gasteiger partial charge >= 0.3 is 5.97 Å². The van der Waals surface area contributed by atoms with Crippen molar-refractivity contribution in [2.45, 2.75) is 0 Å². The largest absolute Gasteiger partial charge is 0.478 e. The van der Waals surface area contributed by atoms with Crippen LogP contribution in [0.2, 0.25) is 5.02 Å². The summed E-state index contributed by atoms with van der Waals surface area (Å²) in [7, 11) is 0. The number of carboxylic acid groups (broad SMARTS) is 1. The fraction of sp³-hybridized carbons (Fsp3) is 0. The second kappa shape index (κ2) is 8.53. The lowest BCUT2D eigenvalue weighted by Crippen LogP contribution is -2.14. The maximum Gasteiger partial charge on any atom is 0.339 e. The van der Waals surface area contributed by atoms with E-state index < -0.39 is 11.9 Å². The molecule has 0 saturated heterocycles. The van der Waals surface area contributed by atoms with E-state index in [2.05, 4.69) is 5.32 Å². The van der Waals surface area contributed by atoms with E-state index in [0.717, 1.165) is 16.7 Å². The molecule has 4 aromatic rings. The average molecular weight is 434 g/mol. The van der Waals surface area contributed by atoms with Crippen molar-refractivity contribution in [1.82, 2.24) is 0 Å². The predicted molar refractivity (Wildman–Crippen MR) is 122 cm³/mol. The van der Waals surface area contributed by atoms with Crippen molar-refractivity contribution in [3.63, 3.8) is 0 Å². The van der Waals surface area contributed by atoms with E-state index in [-0.39, 0.29) is 16.1 Å². The topological polar surface area (TPSA) is 66.4 Å². The minimum atomic E-state index is -1.10. The molecule has 0 bridgehead atoms. The van der Waals surface area contributed by atoms with Crippen LogP contribution in [0, 0.1) is 0 Å². The zero-order valence-electron chi connectivity index (χ0n) is 15.6. The lowest BCUT2D eigenvalue weighted by Gasteiger charge is -2.08. The maximum atomic E-state index is 12.6. The summed E-state index contributed by atoms with van der Waals surface area (Å²) in [6.45, 7) is 0. The molecular formula is C24H16ClNO3S. The van der Waals surface area contributed by atoms with Crippen molar-refractivity contribution in [2.75, 3.05) is 5.32 Å². The summed E-state index contributed by atoms with van der Waals surface area (Å²) >= 11 is 7.25. The molecule has 0 aliphatic carbocycles. The van der Waals surface area contributed by atoms with Crippen molar-refractivity contribution < 1.29 is 14.7 Å². The van der Waals surface area contributed by atoms with Crippen LogP contribution in [0.25, 0.3) is 22.3 Å². The van der Waals surface area contributed by atoms with E-state index in [1.54, 1.807) is 29.6 Å². The maximum absolute atomic E-state index is 12.6. The van der Waals surface area contributed by atoms with Crippen LogP contribution in [0.15, 0.2) is 84.2 Å². The predicted octanol–water partition coefficient (Wildman–Crippen LogP) is 6.69. The number of carboxylic acids is 1. The summed E-state index contributed by atoms with van der Waals surface area (Å²) in [4.78, 5) is 24.6. The van der Waals surface area contributed by atoms with E-state index in [9.17, 15) is 14.7 Å². The summed E-state index contributed by atoms with van der Waals surface area (Å²) in [5.74, 6) is -1.55. The van der Waals surface area contributed by atoms with Crippen LogP contribution in [0.4, 0.5) is 5.00 Å². The van der Waals surface area contributed by atoms with Crippen LogP contribution < -0.4 is 5.32 Å². The second-order valence-electron chi connectivity index (χ2n) is 6.54. The number of anilines is 1. The molecule has 1 amide bonds. The van der Waals surface area contributed by atoms with Gasteiger partial charge in [0.15, 0.2) is 0 Å². The van der Waals surface area contributed by atoms with Gasteiger partial charge in [-0.25, -0.2) is 4.79 Å². The number of hydrogen-bond acceptors (Lipinski definition) is 3. The molecule has 1 aromatic heterocycles. The Morgan fingerprint density at radius 2 is 1.40 bits per heavy atom. The number of hydrogen-bond donors (Lipinski definition) is 2. The van der Waals surface area contributed by atoms with Crippen molar-refractivity contribution in [3.8, 4) is 22.3 Å². The Morgan fingerprint density at radius 1 is 0.800 bits per heavy atom. The van der Waals surface area contributed by atoms with Crippen LogP contribution >= 0.6 is 22.9 Å². The molecule has 0 unspecified atom stereocenters. The van der Waals surface area contributed by atoms with Crippen LogP contribution in [0.3, 0.4) is 0 Å². The molecule has 6 heteroatoms. The molecule has 0 atom stereocenters. The molecule has 0 aliphatic rings. The highest BCUT2D eigenvalue weighted by Gasteiger charge is 2.22. The number of amides is 1. The number of halogens is 1. The number of benzene rings is 3. The lowest BCUT2D eigenvalue weighted by molar-refractivity contribution is 0.0699. The minimum Gasteiger partial charge on any atom is -0.478 e. The highest BCUT2D eigenvalue weighted by Crippen LogP contribution is 2.37. The van der Waals surface area contributed by atoms with Crippen LogP contribution in [-0.4, -0.2) is 17.0 Å². The molecule has 0 spiro atoms. The molecule has 4 rings (SSSR count). The fourth-order valence-electron chi connectivity index (χ4n) is 3.16. The van der Waals surface area contributed by atoms with Gasteiger partial charge in [-0.2, -0.15) is 0 Å². The molecule has 0 aliphatic heterocycles. The normalized spacial score (nSPS) is 10.6. The first-order valence-corrected chi connectivity index (χ1v) is 10.4. The molecule has 1 heterocycles. The second-order valence-corrected chi connectivity index (χ2v) is 7.82. The van der Waals surface area contributed by atoms with Crippen LogP contribution in [0.1, 0.15) is 20.7 Å². The summed E-state index contributed by atoms with van der Waals surface area (Å²) in [6.07, 6.45) is 0. The highest BCUT2D eigenvalue weighted by atomic mass is 35.5. The van der Waals surface area contributed by atoms with E-state index in [1.165, 1.54) is 11.3 Å². The number of thiophene rings is 1. The average Bonchev–Trinajstić information content (AvgIpc) is 3.18. The molecular weight excluding hydrogens is 418 g/mol. The van der Waals surface area contributed by atoms with Gasteiger partial charge in [0.25, 0.3) is 5.91 Å². The molecule has 0 saturated carbocycles. The first kappa shape index (κ1) is 19.9. The Morgan fingerprint density at radius 3 is 2.07 bits per heavy atom. The lowest BCUT2D eigenvalue weighted by atomic mass is 9.99. The Bertz CT molecular complexity index is 1220. The van der Waals surface area contributed by atoms with Crippen LogP contribution in [-0.2, 0) is 0 Å². The highest BCUT2D eigenvalue weighted by molar-refractivity contribution is 7.15. The first-order chi connectivity index (χ1) is 14.5. The van der Waals surface area contributed by atoms with Gasteiger partial charge < -0.3 is 10.4 Å². The molecule has 4 nitrogen and oxygen atoms in total. The van der Waals surface area contributed by atoms with Gasteiger partial charge in [0.1, 0.15) is 10.6 Å². The van der Waals surface area contributed by atoms with Gasteiger partial charge in [0.2, 0.25) is 0 Å². The van der Waals surface area contributed by atoms with Crippen molar-refractivity contribution >= 4 is 39.8 Å². The number of carbonyl (C=O) groups is 2. The summed E-state index contributed by atoms with van der Waals surface area (Å²) in [5.41, 5.74) is 3.80. The molecule has 148 valence electrons. The monoisotopic (exact) mass is 433 g/mol. The van der Waals surface area contributed by atoms with E-state index in [0.29, 0.717) is 10.6 Å².